The highest BCUT2D eigenvalue weighted by atomic mass is 16.6. The minimum atomic E-state index is -0.289. The molecular formula is C20H24N4O2. The highest BCUT2D eigenvalue weighted by Crippen LogP contribution is 2.36. The molecule has 0 unspecified atom stereocenters. The van der Waals surface area contributed by atoms with E-state index in [1.807, 2.05) is 6.07 Å². The summed E-state index contributed by atoms with van der Waals surface area (Å²) in [6.45, 7) is 4.68. The number of hydrogen-bond donors (Lipinski definition) is 2. The van der Waals surface area contributed by atoms with Crippen LogP contribution in [0.25, 0.3) is 0 Å². The van der Waals surface area contributed by atoms with Crippen molar-refractivity contribution < 1.29 is 4.92 Å². The van der Waals surface area contributed by atoms with E-state index in [1.54, 1.807) is 6.07 Å². The minimum Gasteiger partial charge on any atom is -0.384 e. The van der Waals surface area contributed by atoms with Gasteiger partial charge < -0.3 is 10.6 Å². The van der Waals surface area contributed by atoms with Crippen LogP contribution in [0.1, 0.15) is 23.1 Å². The second-order valence-electron chi connectivity index (χ2n) is 6.99. The number of fused-ring (bicyclic) bond motifs is 2. The van der Waals surface area contributed by atoms with Gasteiger partial charge in [0.1, 0.15) is 5.69 Å². The molecule has 0 spiro atoms. The van der Waals surface area contributed by atoms with Gasteiger partial charge in [0.05, 0.1) is 4.92 Å². The Balaban J connectivity index is 1.35. The largest absolute Gasteiger partial charge is 0.384 e. The van der Waals surface area contributed by atoms with Crippen LogP contribution in [0.15, 0.2) is 36.4 Å². The number of rotatable bonds is 6. The molecule has 0 fully saturated rings. The zero-order valence-electron chi connectivity index (χ0n) is 14.8. The zero-order chi connectivity index (χ0) is 17.9. The third-order valence-corrected chi connectivity index (χ3v) is 5.34. The monoisotopic (exact) mass is 352 g/mol. The number of nitrogens with zero attached hydrogens (tertiary/aromatic N) is 2. The van der Waals surface area contributed by atoms with Crippen molar-refractivity contribution in [2.75, 3.05) is 36.8 Å². The van der Waals surface area contributed by atoms with Gasteiger partial charge in [-0.3, -0.25) is 15.0 Å². The quantitative estimate of drug-likeness (QED) is 0.473. The topological polar surface area (TPSA) is 70.4 Å². The Kier molecular flexibility index (Phi) is 4.75. The van der Waals surface area contributed by atoms with Crippen molar-refractivity contribution in [2.45, 2.75) is 25.8 Å². The summed E-state index contributed by atoms with van der Waals surface area (Å²) in [6.07, 6.45) is 2.91. The van der Waals surface area contributed by atoms with E-state index in [2.05, 4.69) is 39.8 Å². The maximum Gasteiger partial charge on any atom is 0.292 e. The van der Waals surface area contributed by atoms with E-state index in [0.29, 0.717) is 5.69 Å². The molecule has 0 aromatic heterocycles. The number of benzene rings is 2. The van der Waals surface area contributed by atoms with Crippen LogP contribution in [0, 0.1) is 10.1 Å². The van der Waals surface area contributed by atoms with E-state index < -0.39 is 0 Å². The summed E-state index contributed by atoms with van der Waals surface area (Å²) in [5.74, 6) is 0. The normalized spacial score (nSPS) is 15.8. The molecule has 4 rings (SSSR count). The molecule has 0 saturated heterocycles. The summed E-state index contributed by atoms with van der Waals surface area (Å²) in [5.41, 5.74) is 5.83. The fraction of sp³-hybridized carbons (Fsp3) is 0.400. The molecule has 0 amide bonds. The number of nitro benzene ring substituents is 1. The molecule has 2 N–H and O–H groups in total. The van der Waals surface area contributed by atoms with Crippen LogP contribution in [0.2, 0.25) is 0 Å². The number of nitrogens with one attached hydrogen (secondary N) is 2. The lowest BCUT2D eigenvalue weighted by Crippen LogP contribution is -2.32. The zero-order valence-corrected chi connectivity index (χ0v) is 14.8. The third kappa shape index (κ3) is 3.37. The van der Waals surface area contributed by atoms with Gasteiger partial charge in [0.15, 0.2) is 0 Å². The standard InChI is InChI=1S/C20H24N4O2/c25-24(26)19-7-6-18-17(8-11-21-18)20(19)22-10-3-12-23-13-9-15-4-1-2-5-16(15)14-23/h1-2,4-7,21-22H,3,8-14H2. The van der Waals surface area contributed by atoms with Crippen molar-refractivity contribution >= 4 is 17.1 Å². The second-order valence-corrected chi connectivity index (χ2v) is 6.99. The second kappa shape index (κ2) is 7.33. The van der Waals surface area contributed by atoms with E-state index in [1.165, 1.54) is 11.1 Å². The molecule has 26 heavy (non-hydrogen) atoms. The van der Waals surface area contributed by atoms with Crippen molar-refractivity contribution in [3.8, 4) is 0 Å². The van der Waals surface area contributed by atoms with Crippen molar-refractivity contribution in [1.82, 2.24) is 4.90 Å². The van der Waals surface area contributed by atoms with E-state index in [-0.39, 0.29) is 10.6 Å². The molecule has 0 aliphatic carbocycles. The molecule has 0 radical (unpaired) electrons. The first-order valence-electron chi connectivity index (χ1n) is 9.29. The average molecular weight is 352 g/mol. The lowest BCUT2D eigenvalue weighted by atomic mass is 10.00. The molecule has 2 aromatic carbocycles. The van der Waals surface area contributed by atoms with Crippen molar-refractivity contribution in [1.29, 1.82) is 0 Å². The summed E-state index contributed by atoms with van der Waals surface area (Å²) in [7, 11) is 0. The van der Waals surface area contributed by atoms with Gasteiger partial charge >= 0.3 is 0 Å². The van der Waals surface area contributed by atoms with E-state index in [0.717, 1.165) is 63.2 Å². The van der Waals surface area contributed by atoms with Crippen LogP contribution in [0.3, 0.4) is 0 Å². The Labute approximate surface area is 153 Å². The third-order valence-electron chi connectivity index (χ3n) is 5.34. The lowest BCUT2D eigenvalue weighted by molar-refractivity contribution is -0.384. The Morgan fingerprint density at radius 2 is 2.00 bits per heavy atom. The highest BCUT2D eigenvalue weighted by Gasteiger charge is 2.23. The first kappa shape index (κ1) is 16.8. The molecule has 2 aromatic rings. The first-order chi connectivity index (χ1) is 12.7. The summed E-state index contributed by atoms with van der Waals surface area (Å²) >= 11 is 0. The van der Waals surface area contributed by atoms with Crippen molar-refractivity contribution in [2.24, 2.45) is 0 Å². The van der Waals surface area contributed by atoms with E-state index >= 15 is 0 Å². The van der Waals surface area contributed by atoms with Crippen LogP contribution in [0.5, 0.6) is 0 Å². The summed E-state index contributed by atoms with van der Waals surface area (Å²) < 4.78 is 0. The molecular weight excluding hydrogens is 328 g/mol. The maximum absolute atomic E-state index is 11.4. The van der Waals surface area contributed by atoms with Gasteiger partial charge in [-0.05, 0) is 36.5 Å². The van der Waals surface area contributed by atoms with Crippen LogP contribution in [-0.2, 0) is 19.4 Å². The van der Waals surface area contributed by atoms with Gasteiger partial charge in [0.2, 0.25) is 0 Å². The van der Waals surface area contributed by atoms with E-state index in [4.69, 9.17) is 0 Å². The van der Waals surface area contributed by atoms with E-state index in [9.17, 15) is 10.1 Å². The minimum absolute atomic E-state index is 0.180. The SMILES string of the molecule is O=[N+]([O-])c1ccc2c(c1NCCCN1CCc3ccccc3C1)CCN2. The molecule has 0 bridgehead atoms. The van der Waals surface area contributed by atoms with Gasteiger partial charge in [-0.25, -0.2) is 0 Å². The van der Waals surface area contributed by atoms with Gasteiger partial charge in [0.25, 0.3) is 5.69 Å². The molecule has 2 heterocycles. The molecule has 2 aliphatic heterocycles. The summed E-state index contributed by atoms with van der Waals surface area (Å²) in [4.78, 5) is 13.5. The highest BCUT2D eigenvalue weighted by molar-refractivity contribution is 5.77. The molecule has 136 valence electrons. The lowest BCUT2D eigenvalue weighted by Gasteiger charge is -2.28. The van der Waals surface area contributed by atoms with Crippen molar-refractivity contribution in [3.63, 3.8) is 0 Å². The summed E-state index contributed by atoms with van der Waals surface area (Å²) in [5, 5.41) is 18.0. The molecule has 6 nitrogen and oxygen atoms in total. The number of hydrogen-bond acceptors (Lipinski definition) is 5. The smallest absolute Gasteiger partial charge is 0.292 e. The maximum atomic E-state index is 11.4. The molecule has 2 aliphatic rings. The summed E-state index contributed by atoms with van der Waals surface area (Å²) in [6, 6.07) is 12.1. The predicted octanol–water partition coefficient (Wildman–Crippen LogP) is 3.42. The predicted molar refractivity (Wildman–Crippen MR) is 104 cm³/mol. The fourth-order valence-electron chi connectivity index (χ4n) is 3.99. The Hall–Kier alpha value is -2.60. The van der Waals surface area contributed by atoms with Crippen molar-refractivity contribution in [3.05, 3.63) is 63.2 Å². The Morgan fingerprint density at radius 3 is 2.85 bits per heavy atom. The fourth-order valence-corrected chi connectivity index (χ4v) is 3.99. The van der Waals surface area contributed by atoms with Crippen LogP contribution in [-0.4, -0.2) is 36.0 Å². The number of nitro groups is 1. The molecule has 0 atom stereocenters. The van der Waals surface area contributed by atoms with Crippen LogP contribution in [0.4, 0.5) is 17.1 Å². The van der Waals surface area contributed by atoms with Crippen LogP contribution < -0.4 is 10.6 Å². The number of anilines is 2. The van der Waals surface area contributed by atoms with Crippen LogP contribution >= 0.6 is 0 Å². The van der Waals surface area contributed by atoms with Gasteiger partial charge in [-0.1, -0.05) is 24.3 Å². The first-order valence-corrected chi connectivity index (χ1v) is 9.29. The van der Waals surface area contributed by atoms with Gasteiger partial charge in [-0.2, -0.15) is 0 Å². The van der Waals surface area contributed by atoms with Gasteiger partial charge in [0, 0.05) is 50.0 Å². The Bertz CT molecular complexity index is 821. The average Bonchev–Trinajstić information content (AvgIpc) is 3.14. The molecule has 6 heteroatoms. The Morgan fingerprint density at radius 1 is 1.15 bits per heavy atom. The van der Waals surface area contributed by atoms with Gasteiger partial charge in [-0.15, -0.1) is 0 Å². The molecule has 0 saturated carbocycles.